The molecule has 1 amide bonds. The van der Waals surface area contributed by atoms with Crippen molar-refractivity contribution in [3.63, 3.8) is 0 Å². The zero-order chi connectivity index (χ0) is 19.9. The van der Waals surface area contributed by atoms with E-state index < -0.39 is 10.0 Å². The highest BCUT2D eigenvalue weighted by Crippen LogP contribution is 2.36. The number of fused-ring (bicyclic) bond motifs is 1. The van der Waals surface area contributed by atoms with Crippen LogP contribution in [0.5, 0.6) is 5.75 Å². The average molecular weight is 453 g/mol. The lowest BCUT2D eigenvalue weighted by Crippen LogP contribution is -2.36. The molecular weight excluding hydrogens is 432 g/mol. The van der Waals surface area contributed by atoms with Crippen LogP contribution in [-0.2, 0) is 16.4 Å². The Hall–Kier alpha value is -1.90. The van der Waals surface area contributed by atoms with Gasteiger partial charge in [0.2, 0.25) is 10.0 Å². The third kappa shape index (κ3) is 3.49. The Labute approximate surface area is 167 Å². The van der Waals surface area contributed by atoms with Gasteiger partial charge in [-0.25, -0.2) is 12.7 Å². The molecule has 0 fully saturated rings. The lowest BCUT2D eigenvalue weighted by Gasteiger charge is -2.23. The number of benzene rings is 2. The third-order valence-electron chi connectivity index (χ3n) is 4.65. The predicted octanol–water partition coefficient (Wildman–Crippen LogP) is 3.30. The van der Waals surface area contributed by atoms with Crippen molar-refractivity contribution in [1.82, 2.24) is 4.31 Å². The quantitative estimate of drug-likeness (QED) is 0.713. The maximum absolute atomic E-state index is 13.2. The number of carbonyl (C=O) groups is 1. The smallest absolute Gasteiger partial charge is 0.258 e. The molecule has 1 aliphatic rings. The van der Waals surface area contributed by atoms with E-state index in [0.29, 0.717) is 5.56 Å². The molecule has 2 aromatic carbocycles. The van der Waals surface area contributed by atoms with Crippen LogP contribution in [0.15, 0.2) is 45.8 Å². The Morgan fingerprint density at radius 2 is 1.93 bits per heavy atom. The van der Waals surface area contributed by atoms with Gasteiger partial charge in [0.05, 0.1) is 7.11 Å². The lowest BCUT2D eigenvalue weighted by atomic mass is 10.1. The van der Waals surface area contributed by atoms with Gasteiger partial charge in [-0.3, -0.25) is 4.79 Å². The third-order valence-corrected chi connectivity index (χ3v) is 6.97. The van der Waals surface area contributed by atoms with E-state index in [1.54, 1.807) is 11.0 Å². The number of carbonyl (C=O) groups excluding carboxylic acids is 1. The van der Waals surface area contributed by atoms with Crippen molar-refractivity contribution in [2.24, 2.45) is 0 Å². The summed E-state index contributed by atoms with van der Waals surface area (Å²) in [4.78, 5) is 14.9. The number of methoxy groups -OCH3 is 1. The molecule has 0 bridgehead atoms. The summed E-state index contributed by atoms with van der Waals surface area (Å²) in [5, 5.41) is 0. The highest BCUT2D eigenvalue weighted by Gasteiger charge is 2.33. The molecule has 1 atom stereocenters. The molecule has 0 N–H and O–H groups in total. The highest BCUT2D eigenvalue weighted by atomic mass is 79.9. The minimum Gasteiger partial charge on any atom is -0.495 e. The molecular formula is C19H21BrN2O4S. The molecule has 0 saturated heterocycles. The second kappa shape index (κ2) is 7.26. The molecule has 0 unspecified atom stereocenters. The Bertz CT molecular complexity index is 1000. The number of hydrogen-bond donors (Lipinski definition) is 0. The Balaban J connectivity index is 2.07. The van der Waals surface area contributed by atoms with Crippen LogP contribution >= 0.6 is 15.9 Å². The number of amides is 1. The first-order valence-electron chi connectivity index (χ1n) is 8.39. The van der Waals surface area contributed by atoms with Crippen molar-refractivity contribution >= 4 is 37.5 Å². The number of halogens is 1. The minimum absolute atomic E-state index is 0.0159. The van der Waals surface area contributed by atoms with Crippen LogP contribution in [0, 0.1) is 0 Å². The monoisotopic (exact) mass is 452 g/mol. The zero-order valence-corrected chi connectivity index (χ0v) is 18.0. The van der Waals surface area contributed by atoms with Crippen molar-refractivity contribution in [3.05, 3.63) is 52.0 Å². The van der Waals surface area contributed by atoms with E-state index in [0.717, 1.165) is 26.4 Å². The van der Waals surface area contributed by atoms with E-state index in [1.165, 1.54) is 33.3 Å². The second-order valence-corrected chi connectivity index (χ2v) is 9.69. The molecule has 1 heterocycles. The molecule has 144 valence electrons. The van der Waals surface area contributed by atoms with Crippen LogP contribution < -0.4 is 9.64 Å². The number of anilines is 1. The van der Waals surface area contributed by atoms with Crippen LogP contribution in [0.2, 0.25) is 0 Å². The number of sulfonamides is 1. The lowest BCUT2D eigenvalue weighted by molar-refractivity contribution is 0.0981. The van der Waals surface area contributed by atoms with Gasteiger partial charge in [0.1, 0.15) is 10.6 Å². The molecule has 0 saturated carbocycles. The predicted molar refractivity (Wildman–Crippen MR) is 108 cm³/mol. The van der Waals surface area contributed by atoms with E-state index in [1.807, 2.05) is 25.1 Å². The first kappa shape index (κ1) is 19.9. The van der Waals surface area contributed by atoms with Crippen LogP contribution in [0.1, 0.15) is 22.8 Å². The maximum Gasteiger partial charge on any atom is 0.258 e. The summed E-state index contributed by atoms with van der Waals surface area (Å²) in [7, 11) is 0.546. The zero-order valence-electron chi connectivity index (χ0n) is 15.6. The minimum atomic E-state index is -3.75. The van der Waals surface area contributed by atoms with Crippen molar-refractivity contribution in [2.45, 2.75) is 24.3 Å². The van der Waals surface area contributed by atoms with Gasteiger partial charge >= 0.3 is 0 Å². The second-order valence-electron chi connectivity index (χ2n) is 6.65. The molecule has 27 heavy (non-hydrogen) atoms. The summed E-state index contributed by atoms with van der Waals surface area (Å²) >= 11 is 3.46. The summed E-state index contributed by atoms with van der Waals surface area (Å²) in [6, 6.07) is 10.3. The van der Waals surface area contributed by atoms with Crippen molar-refractivity contribution < 1.29 is 17.9 Å². The molecule has 2 aromatic rings. The maximum atomic E-state index is 13.2. The molecule has 1 aliphatic heterocycles. The van der Waals surface area contributed by atoms with E-state index in [4.69, 9.17) is 4.74 Å². The van der Waals surface area contributed by atoms with E-state index in [-0.39, 0.29) is 22.6 Å². The molecule has 8 heteroatoms. The number of rotatable bonds is 4. The number of ether oxygens (including phenoxy) is 1. The fourth-order valence-corrected chi connectivity index (χ4v) is 4.74. The molecule has 0 spiro atoms. The average Bonchev–Trinajstić information content (AvgIpc) is 2.95. The first-order chi connectivity index (χ1) is 12.7. The number of hydrogen-bond acceptors (Lipinski definition) is 4. The van der Waals surface area contributed by atoms with Crippen LogP contribution in [0.4, 0.5) is 5.69 Å². The Morgan fingerprint density at radius 3 is 2.56 bits per heavy atom. The van der Waals surface area contributed by atoms with Crippen molar-refractivity contribution in [3.8, 4) is 5.75 Å². The normalized spacial score (nSPS) is 16.5. The topological polar surface area (TPSA) is 66.9 Å². The van der Waals surface area contributed by atoms with Gasteiger partial charge in [0.15, 0.2) is 0 Å². The fourth-order valence-electron chi connectivity index (χ4n) is 3.26. The summed E-state index contributed by atoms with van der Waals surface area (Å²) in [6.45, 7) is 1.98. The number of nitrogens with zero attached hydrogens (tertiary/aromatic N) is 2. The molecule has 0 aromatic heterocycles. The van der Waals surface area contributed by atoms with Crippen molar-refractivity contribution in [1.29, 1.82) is 0 Å². The van der Waals surface area contributed by atoms with Crippen LogP contribution in [0.3, 0.4) is 0 Å². The van der Waals surface area contributed by atoms with Crippen LogP contribution in [-0.4, -0.2) is 45.9 Å². The summed E-state index contributed by atoms with van der Waals surface area (Å²) < 4.78 is 32.5. The first-order valence-corrected chi connectivity index (χ1v) is 10.6. The Morgan fingerprint density at radius 1 is 1.22 bits per heavy atom. The van der Waals surface area contributed by atoms with Gasteiger partial charge in [0.25, 0.3) is 5.91 Å². The standard InChI is InChI=1S/C19H21BrN2O4S/c1-12-9-14-10-15(20)6-7-16(14)22(12)19(23)13-5-8-17(26-4)18(11-13)27(24,25)21(2)3/h5-8,10-12H,9H2,1-4H3/t12-/m0/s1. The van der Waals surface area contributed by atoms with Crippen molar-refractivity contribution in [2.75, 3.05) is 26.1 Å². The Kier molecular flexibility index (Phi) is 5.33. The molecule has 0 radical (unpaired) electrons. The van der Waals surface area contributed by atoms with Crippen LogP contribution in [0.25, 0.3) is 0 Å². The molecule has 3 rings (SSSR count). The van der Waals surface area contributed by atoms with Gasteiger partial charge in [-0.15, -0.1) is 0 Å². The summed E-state index contributed by atoms with van der Waals surface area (Å²) in [6.07, 6.45) is 0.750. The van der Waals surface area contributed by atoms with Gasteiger partial charge in [-0.05, 0) is 55.3 Å². The summed E-state index contributed by atoms with van der Waals surface area (Å²) in [5.41, 5.74) is 2.24. The fraction of sp³-hybridized carbons (Fsp3) is 0.316. The summed E-state index contributed by atoms with van der Waals surface area (Å²) in [5.74, 6) is -0.0273. The van der Waals surface area contributed by atoms with Gasteiger partial charge < -0.3 is 9.64 Å². The van der Waals surface area contributed by atoms with E-state index >= 15 is 0 Å². The van der Waals surface area contributed by atoms with E-state index in [2.05, 4.69) is 15.9 Å². The largest absolute Gasteiger partial charge is 0.495 e. The molecule has 0 aliphatic carbocycles. The van der Waals surface area contributed by atoms with Gasteiger partial charge in [0, 0.05) is 35.9 Å². The van der Waals surface area contributed by atoms with Gasteiger partial charge in [-0.2, -0.15) is 0 Å². The SMILES string of the molecule is COc1ccc(C(=O)N2c3ccc(Br)cc3C[C@@H]2C)cc1S(=O)(=O)N(C)C. The molecule has 6 nitrogen and oxygen atoms in total. The van der Waals surface area contributed by atoms with Gasteiger partial charge in [-0.1, -0.05) is 15.9 Å². The van der Waals surface area contributed by atoms with E-state index in [9.17, 15) is 13.2 Å². The highest BCUT2D eigenvalue weighted by molar-refractivity contribution is 9.10.